The molecule has 0 aromatic carbocycles. The molecule has 50 heavy (non-hydrogen) atoms. The van der Waals surface area contributed by atoms with Gasteiger partial charge in [-0.15, -0.1) is 0 Å². The Balaban J connectivity index is 4.31. The van der Waals surface area contributed by atoms with Crippen LogP contribution in [0.2, 0.25) is 0 Å². The minimum Gasteiger partial charge on any atom is -0.477 e. The lowest BCUT2D eigenvalue weighted by molar-refractivity contribution is -0.887. The molecule has 0 aliphatic heterocycles. The van der Waals surface area contributed by atoms with E-state index in [1.165, 1.54) is 77.0 Å². The highest BCUT2D eigenvalue weighted by molar-refractivity contribution is 5.72. The van der Waals surface area contributed by atoms with Gasteiger partial charge in [0.2, 0.25) is 0 Å². The summed E-state index contributed by atoms with van der Waals surface area (Å²) >= 11 is 0. The molecule has 0 saturated heterocycles. The van der Waals surface area contributed by atoms with Gasteiger partial charge in [0.05, 0.1) is 34.4 Å². The first-order chi connectivity index (χ1) is 24.1. The number of rotatable bonds is 34. The molecule has 0 fully saturated rings. The zero-order chi connectivity index (χ0) is 37.1. The minimum absolute atomic E-state index is 0.0411. The smallest absolute Gasteiger partial charge is 0.362 e. The van der Waals surface area contributed by atoms with Crippen molar-refractivity contribution in [3.8, 4) is 0 Å². The number of hydrogen-bond acceptors (Lipinski definition) is 6. The Morgan fingerprint density at radius 2 is 1.22 bits per heavy atom. The van der Waals surface area contributed by atoms with Crippen LogP contribution >= 0.6 is 0 Å². The predicted molar refractivity (Wildman–Crippen MR) is 206 cm³/mol. The number of likely N-dealkylation sites (N-methyl/N-ethyl adjacent to an activating group) is 1. The number of quaternary nitrogens is 1. The van der Waals surface area contributed by atoms with Crippen LogP contribution in [0, 0.1) is 0 Å². The Hall–Kier alpha value is -2.71. The normalized spacial score (nSPS) is 13.5. The molecular weight excluding hydrogens is 630 g/mol. The van der Waals surface area contributed by atoms with Crippen molar-refractivity contribution < 1.29 is 38.2 Å². The van der Waals surface area contributed by atoms with E-state index in [1.807, 2.05) is 33.3 Å². The molecule has 0 aliphatic carbocycles. The van der Waals surface area contributed by atoms with Gasteiger partial charge in [-0.3, -0.25) is 9.59 Å². The van der Waals surface area contributed by atoms with Crippen molar-refractivity contribution >= 4 is 17.9 Å². The second-order valence-corrected chi connectivity index (χ2v) is 14.2. The molecule has 0 aromatic rings. The second-order valence-electron chi connectivity index (χ2n) is 14.2. The first-order valence-corrected chi connectivity index (χ1v) is 19.7. The number of unbranched alkanes of at least 4 members (excludes halogenated alkanes) is 13. The summed E-state index contributed by atoms with van der Waals surface area (Å²) in [5, 5.41) is 9.57. The van der Waals surface area contributed by atoms with Crippen LogP contribution in [0.1, 0.15) is 149 Å². The summed E-state index contributed by atoms with van der Waals surface area (Å²) in [6.45, 7) is 4.48. The standard InChI is InChI=1S/C42H73NO7/c1-6-8-10-12-14-15-16-17-18-19-20-21-22-23-24-25-27-29-31-33-41(45)50-38(36-48-35-34-39(42(46)47)43(3,4)5)37-49-40(44)32-30-28-26-13-11-9-7-2/h9,11,14-17,26,28,38-39H,6-8,10,12-13,18-25,27,29-37H2,1-5H3/p+1/b11-9+,15-14+,17-16+,28-26+. The van der Waals surface area contributed by atoms with Gasteiger partial charge in [-0.05, 0) is 51.4 Å². The highest BCUT2D eigenvalue weighted by Gasteiger charge is 2.31. The van der Waals surface area contributed by atoms with Gasteiger partial charge >= 0.3 is 17.9 Å². The fourth-order valence-electron chi connectivity index (χ4n) is 5.44. The van der Waals surface area contributed by atoms with Gasteiger partial charge < -0.3 is 23.8 Å². The molecule has 0 aromatic heterocycles. The zero-order valence-corrected chi connectivity index (χ0v) is 32.6. The van der Waals surface area contributed by atoms with Crippen molar-refractivity contribution in [3.63, 3.8) is 0 Å². The van der Waals surface area contributed by atoms with E-state index in [0.29, 0.717) is 19.3 Å². The van der Waals surface area contributed by atoms with Crippen LogP contribution in [-0.4, -0.2) is 80.6 Å². The lowest BCUT2D eigenvalue weighted by Gasteiger charge is -2.31. The molecular formula is C42H74NO7+. The Morgan fingerprint density at radius 1 is 0.640 bits per heavy atom. The van der Waals surface area contributed by atoms with E-state index in [0.717, 1.165) is 32.1 Å². The maximum absolute atomic E-state index is 12.6. The molecule has 2 atom stereocenters. The number of esters is 2. The van der Waals surface area contributed by atoms with E-state index in [-0.39, 0.29) is 42.7 Å². The topological polar surface area (TPSA) is 99.1 Å². The molecule has 0 saturated carbocycles. The Kier molecular flexibility index (Phi) is 31.6. The summed E-state index contributed by atoms with van der Waals surface area (Å²) in [6.07, 6.45) is 37.6. The van der Waals surface area contributed by atoms with Gasteiger partial charge in [0.1, 0.15) is 6.61 Å². The molecule has 0 bridgehead atoms. The third-order valence-corrected chi connectivity index (χ3v) is 8.50. The number of carboxylic acids is 1. The van der Waals surface area contributed by atoms with Gasteiger partial charge in [-0.25, -0.2) is 4.79 Å². The molecule has 0 radical (unpaired) electrons. The fourth-order valence-corrected chi connectivity index (χ4v) is 5.44. The number of aliphatic carboxylic acids is 1. The Bertz CT molecular complexity index is 964. The third-order valence-electron chi connectivity index (χ3n) is 8.50. The van der Waals surface area contributed by atoms with Crippen LogP contribution in [-0.2, 0) is 28.6 Å². The van der Waals surface area contributed by atoms with E-state index in [2.05, 4.69) is 50.3 Å². The van der Waals surface area contributed by atoms with Crippen molar-refractivity contribution in [1.82, 2.24) is 0 Å². The van der Waals surface area contributed by atoms with Crippen molar-refractivity contribution in [3.05, 3.63) is 48.6 Å². The van der Waals surface area contributed by atoms with Crippen LogP contribution in [0.15, 0.2) is 48.6 Å². The van der Waals surface area contributed by atoms with Crippen molar-refractivity contribution in [2.24, 2.45) is 0 Å². The average Bonchev–Trinajstić information content (AvgIpc) is 3.06. The molecule has 0 aliphatic rings. The molecule has 2 unspecified atom stereocenters. The highest BCUT2D eigenvalue weighted by Crippen LogP contribution is 2.14. The van der Waals surface area contributed by atoms with E-state index >= 15 is 0 Å². The predicted octanol–water partition coefficient (Wildman–Crippen LogP) is 10.1. The van der Waals surface area contributed by atoms with E-state index < -0.39 is 18.1 Å². The molecule has 0 amide bonds. The lowest BCUT2D eigenvalue weighted by atomic mass is 10.1. The molecule has 288 valence electrons. The Morgan fingerprint density at radius 3 is 1.80 bits per heavy atom. The van der Waals surface area contributed by atoms with Crippen molar-refractivity contribution in [1.29, 1.82) is 0 Å². The van der Waals surface area contributed by atoms with Crippen LogP contribution in [0.25, 0.3) is 0 Å². The van der Waals surface area contributed by atoms with E-state index in [9.17, 15) is 19.5 Å². The number of carbonyl (C=O) groups is 3. The summed E-state index contributed by atoms with van der Waals surface area (Å²) in [6, 6.07) is -0.621. The first kappa shape index (κ1) is 47.3. The monoisotopic (exact) mass is 705 g/mol. The number of carboxylic acid groups (broad SMARTS) is 1. The Labute approximate surface area is 306 Å². The number of carbonyl (C=O) groups excluding carboxylic acids is 2. The quantitative estimate of drug-likeness (QED) is 0.0234. The third kappa shape index (κ3) is 31.3. The van der Waals surface area contributed by atoms with Crippen molar-refractivity contribution in [2.75, 3.05) is 41.0 Å². The highest BCUT2D eigenvalue weighted by atomic mass is 16.6. The number of ether oxygens (including phenoxy) is 3. The fraction of sp³-hybridized carbons (Fsp3) is 0.738. The summed E-state index contributed by atoms with van der Waals surface area (Å²) in [7, 11) is 5.49. The van der Waals surface area contributed by atoms with Gasteiger partial charge in [0.25, 0.3) is 0 Å². The van der Waals surface area contributed by atoms with Gasteiger partial charge in [0.15, 0.2) is 12.1 Å². The van der Waals surface area contributed by atoms with Gasteiger partial charge in [0, 0.05) is 19.3 Å². The van der Waals surface area contributed by atoms with E-state index in [4.69, 9.17) is 14.2 Å². The second kappa shape index (κ2) is 33.4. The van der Waals surface area contributed by atoms with Gasteiger partial charge in [-0.2, -0.15) is 0 Å². The van der Waals surface area contributed by atoms with Crippen LogP contribution in [0.3, 0.4) is 0 Å². The maximum atomic E-state index is 12.6. The van der Waals surface area contributed by atoms with Crippen molar-refractivity contribution in [2.45, 2.75) is 161 Å². The minimum atomic E-state index is -0.885. The number of nitrogens with zero attached hydrogens (tertiary/aromatic N) is 1. The molecule has 8 heteroatoms. The molecule has 0 heterocycles. The summed E-state index contributed by atoms with van der Waals surface area (Å²) < 4.78 is 17.1. The SMILES string of the molecule is CC/C=C/C/C=C/CCC(=O)OCC(COCCC(C(=O)O)[N+](C)(C)C)OC(=O)CCCCCCCCCCCC/C=C/C=C/CCCCC. The molecule has 8 nitrogen and oxygen atoms in total. The van der Waals surface area contributed by atoms with Crippen LogP contribution in [0.5, 0.6) is 0 Å². The lowest BCUT2D eigenvalue weighted by Crippen LogP contribution is -2.50. The van der Waals surface area contributed by atoms with Crippen LogP contribution < -0.4 is 0 Å². The van der Waals surface area contributed by atoms with E-state index in [1.54, 1.807) is 0 Å². The molecule has 0 spiro atoms. The summed E-state index contributed by atoms with van der Waals surface area (Å²) in [5.74, 6) is -1.57. The van der Waals surface area contributed by atoms with Crippen LogP contribution in [0.4, 0.5) is 0 Å². The average molecular weight is 705 g/mol. The maximum Gasteiger partial charge on any atom is 0.362 e. The molecule has 1 N–H and O–H groups in total. The van der Waals surface area contributed by atoms with Gasteiger partial charge in [-0.1, -0.05) is 127 Å². The number of allylic oxidation sites excluding steroid dienone is 8. The molecule has 0 rings (SSSR count). The number of hydrogen-bond donors (Lipinski definition) is 1. The summed E-state index contributed by atoms with van der Waals surface area (Å²) in [4.78, 5) is 36.6. The summed E-state index contributed by atoms with van der Waals surface area (Å²) in [5.41, 5.74) is 0. The largest absolute Gasteiger partial charge is 0.477 e. The zero-order valence-electron chi connectivity index (χ0n) is 32.6. The first-order valence-electron chi connectivity index (χ1n) is 19.7.